The molecule has 0 atom stereocenters. The van der Waals surface area contributed by atoms with E-state index in [9.17, 15) is 28.1 Å². The Balaban J connectivity index is 3.20. The molecule has 1 aromatic carbocycles. The van der Waals surface area contributed by atoms with E-state index in [2.05, 4.69) is 5.32 Å². The molecular formula is C12H14F3N3O3. The number of nitrogens with zero attached hydrogens (tertiary/aromatic N) is 2. The molecule has 9 heteroatoms. The molecule has 0 saturated carbocycles. The fourth-order valence-electron chi connectivity index (χ4n) is 1.79. The van der Waals surface area contributed by atoms with Gasteiger partial charge in [0.2, 0.25) is 0 Å². The first-order chi connectivity index (χ1) is 9.67. The summed E-state index contributed by atoms with van der Waals surface area (Å²) in [4.78, 5) is 22.7. The standard InChI is InChI=1S/C12H14F3N3O3/c1-3-16-9-6-4-5-8(10(9)18(20)21)11(19)17(2)7-12(13,14)15/h4-6,16H,3,7H2,1-2H3. The Morgan fingerprint density at radius 2 is 2.05 bits per heavy atom. The summed E-state index contributed by atoms with van der Waals surface area (Å²) >= 11 is 0. The van der Waals surface area contributed by atoms with E-state index in [1.807, 2.05) is 0 Å². The van der Waals surface area contributed by atoms with Gasteiger partial charge in [-0.2, -0.15) is 13.2 Å². The van der Waals surface area contributed by atoms with Crippen molar-refractivity contribution in [1.82, 2.24) is 4.90 Å². The van der Waals surface area contributed by atoms with E-state index in [0.29, 0.717) is 11.4 Å². The Hall–Kier alpha value is -2.32. The molecule has 1 rings (SSSR count). The number of carbonyl (C=O) groups excluding carboxylic acids is 1. The van der Waals surface area contributed by atoms with Crippen molar-refractivity contribution in [3.05, 3.63) is 33.9 Å². The number of halogens is 3. The molecule has 1 amide bonds. The van der Waals surface area contributed by atoms with E-state index >= 15 is 0 Å². The van der Waals surface area contributed by atoms with Crippen molar-refractivity contribution in [3.63, 3.8) is 0 Å². The van der Waals surface area contributed by atoms with Gasteiger partial charge < -0.3 is 10.2 Å². The molecule has 0 aliphatic carbocycles. The van der Waals surface area contributed by atoms with Gasteiger partial charge in [-0.05, 0) is 19.1 Å². The van der Waals surface area contributed by atoms with Crippen molar-refractivity contribution in [2.75, 3.05) is 25.5 Å². The molecule has 116 valence electrons. The van der Waals surface area contributed by atoms with E-state index in [1.54, 1.807) is 6.92 Å². The smallest absolute Gasteiger partial charge is 0.380 e. The quantitative estimate of drug-likeness (QED) is 0.670. The van der Waals surface area contributed by atoms with Crippen LogP contribution in [0.1, 0.15) is 17.3 Å². The minimum atomic E-state index is -4.57. The van der Waals surface area contributed by atoms with Crippen molar-refractivity contribution >= 4 is 17.3 Å². The van der Waals surface area contributed by atoms with Crippen LogP contribution < -0.4 is 5.32 Å². The third-order valence-corrected chi connectivity index (χ3v) is 2.58. The molecule has 0 saturated heterocycles. The van der Waals surface area contributed by atoms with Gasteiger partial charge in [0.25, 0.3) is 5.91 Å². The summed E-state index contributed by atoms with van der Waals surface area (Å²) < 4.78 is 36.9. The first-order valence-electron chi connectivity index (χ1n) is 6.01. The van der Waals surface area contributed by atoms with Gasteiger partial charge in [-0.15, -0.1) is 0 Å². The molecule has 0 spiro atoms. The van der Waals surface area contributed by atoms with E-state index in [0.717, 1.165) is 13.1 Å². The van der Waals surface area contributed by atoms with Gasteiger partial charge in [0.05, 0.1) is 4.92 Å². The Morgan fingerprint density at radius 3 is 2.52 bits per heavy atom. The number of benzene rings is 1. The summed E-state index contributed by atoms with van der Waals surface area (Å²) in [6, 6.07) is 3.90. The molecule has 0 aliphatic rings. The average Bonchev–Trinajstić information content (AvgIpc) is 2.35. The minimum absolute atomic E-state index is 0.0914. The molecule has 0 fully saturated rings. The van der Waals surface area contributed by atoms with Gasteiger partial charge in [0, 0.05) is 13.6 Å². The topological polar surface area (TPSA) is 75.5 Å². The number of carbonyl (C=O) groups is 1. The van der Waals surface area contributed by atoms with Crippen LogP contribution in [-0.4, -0.2) is 42.0 Å². The van der Waals surface area contributed by atoms with Gasteiger partial charge in [0.15, 0.2) is 0 Å². The number of para-hydroxylation sites is 1. The van der Waals surface area contributed by atoms with Crippen LogP contribution in [0.15, 0.2) is 18.2 Å². The van der Waals surface area contributed by atoms with Crippen molar-refractivity contribution in [2.45, 2.75) is 13.1 Å². The van der Waals surface area contributed by atoms with Crippen LogP contribution >= 0.6 is 0 Å². The lowest BCUT2D eigenvalue weighted by atomic mass is 10.1. The van der Waals surface area contributed by atoms with Gasteiger partial charge >= 0.3 is 11.9 Å². The summed E-state index contributed by atoms with van der Waals surface area (Å²) in [5.41, 5.74) is -0.822. The van der Waals surface area contributed by atoms with Gasteiger partial charge in [-0.1, -0.05) is 6.07 Å². The zero-order valence-corrected chi connectivity index (χ0v) is 11.4. The number of rotatable bonds is 5. The summed E-state index contributed by atoms with van der Waals surface area (Å²) in [6.45, 7) is 0.597. The van der Waals surface area contributed by atoms with Crippen LogP contribution in [0.4, 0.5) is 24.5 Å². The first kappa shape index (κ1) is 16.7. The Kier molecular flexibility index (Phi) is 5.12. The summed E-state index contributed by atoms with van der Waals surface area (Å²) in [5, 5.41) is 13.8. The third kappa shape index (κ3) is 4.33. The van der Waals surface area contributed by atoms with Gasteiger partial charge in [-0.25, -0.2) is 0 Å². The number of nitro groups is 1. The Morgan fingerprint density at radius 1 is 1.43 bits per heavy atom. The van der Waals surface area contributed by atoms with E-state index in [-0.39, 0.29) is 11.3 Å². The molecule has 0 radical (unpaired) electrons. The molecule has 0 bridgehead atoms. The lowest BCUT2D eigenvalue weighted by Gasteiger charge is -2.19. The molecule has 0 unspecified atom stereocenters. The van der Waals surface area contributed by atoms with E-state index < -0.39 is 29.2 Å². The first-order valence-corrected chi connectivity index (χ1v) is 6.01. The summed E-state index contributed by atoms with van der Waals surface area (Å²) in [5.74, 6) is -1.06. The lowest BCUT2D eigenvalue weighted by molar-refractivity contribution is -0.384. The number of hydrogen-bond acceptors (Lipinski definition) is 4. The summed E-state index contributed by atoms with van der Waals surface area (Å²) in [7, 11) is 0.944. The highest BCUT2D eigenvalue weighted by Gasteiger charge is 2.34. The largest absolute Gasteiger partial charge is 0.406 e. The highest BCUT2D eigenvalue weighted by molar-refractivity contribution is 6.00. The number of anilines is 1. The van der Waals surface area contributed by atoms with Crippen molar-refractivity contribution in [2.24, 2.45) is 0 Å². The monoisotopic (exact) mass is 305 g/mol. The molecule has 0 aliphatic heterocycles. The molecule has 1 N–H and O–H groups in total. The van der Waals surface area contributed by atoms with Crippen molar-refractivity contribution in [1.29, 1.82) is 0 Å². The molecule has 6 nitrogen and oxygen atoms in total. The Bertz CT molecular complexity index is 546. The normalized spacial score (nSPS) is 11.1. The molecule has 0 aromatic heterocycles. The average molecular weight is 305 g/mol. The maximum absolute atomic E-state index is 12.3. The van der Waals surface area contributed by atoms with Crippen LogP contribution in [0.25, 0.3) is 0 Å². The van der Waals surface area contributed by atoms with Crippen LogP contribution in [-0.2, 0) is 0 Å². The zero-order valence-electron chi connectivity index (χ0n) is 11.4. The van der Waals surface area contributed by atoms with Gasteiger partial charge in [-0.3, -0.25) is 14.9 Å². The number of nitrogens with one attached hydrogen (secondary N) is 1. The second-order valence-electron chi connectivity index (χ2n) is 4.27. The molecule has 1 aromatic rings. The second kappa shape index (κ2) is 6.42. The fourth-order valence-corrected chi connectivity index (χ4v) is 1.79. The third-order valence-electron chi connectivity index (χ3n) is 2.58. The highest BCUT2D eigenvalue weighted by Crippen LogP contribution is 2.30. The van der Waals surface area contributed by atoms with Crippen LogP contribution in [0.5, 0.6) is 0 Å². The second-order valence-corrected chi connectivity index (χ2v) is 4.27. The number of hydrogen-bond donors (Lipinski definition) is 1. The fraction of sp³-hybridized carbons (Fsp3) is 0.417. The number of amides is 1. The minimum Gasteiger partial charge on any atom is -0.380 e. The number of alkyl halides is 3. The van der Waals surface area contributed by atoms with Crippen LogP contribution in [0, 0.1) is 10.1 Å². The lowest BCUT2D eigenvalue weighted by Crippen LogP contribution is -2.36. The predicted molar refractivity (Wildman–Crippen MR) is 70.3 cm³/mol. The molecule has 0 heterocycles. The maximum Gasteiger partial charge on any atom is 0.406 e. The van der Waals surface area contributed by atoms with E-state index in [4.69, 9.17) is 0 Å². The van der Waals surface area contributed by atoms with Crippen molar-refractivity contribution < 1.29 is 22.9 Å². The predicted octanol–water partition coefficient (Wildman–Crippen LogP) is 2.66. The van der Waals surface area contributed by atoms with Gasteiger partial charge in [0.1, 0.15) is 17.8 Å². The van der Waals surface area contributed by atoms with E-state index in [1.165, 1.54) is 12.1 Å². The maximum atomic E-state index is 12.3. The van der Waals surface area contributed by atoms with Crippen LogP contribution in [0.3, 0.4) is 0 Å². The van der Waals surface area contributed by atoms with Crippen LogP contribution in [0.2, 0.25) is 0 Å². The molecule has 21 heavy (non-hydrogen) atoms. The zero-order chi connectivity index (χ0) is 16.2. The summed E-state index contributed by atoms with van der Waals surface area (Å²) in [6.07, 6.45) is -4.57. The Labute approximate surface area is 118 Å². The molecular weight excluding hydrogens is 291 g/mol. The highest BCUT2D eigenvalue weighted by atomic mass is 19.4. The van der Waals surface area contributed by atoms with Crippen molar-refractivity contribution in [3.8, 4) is 0 Å². The number of nitro benzene ring substituents is 1. The SMILES string of the molecule is CCNc1cccc(C(=O)N(C)CC(F)(F)F)c1[N+](=O)[O-].